The fraction of sp³-hybridized carbons (Fsp3) is 0.111. The molecule has 1 atom stereocenters. The highest BCUT2D eigenvalue weighted by Crippen LogP contribution is 2.29. The highest BCUT2D eigenvalue weighted by molar-refractivity contribution is 6.35. The molecule has 1 aromatic heterocycles. The smallest absolute Gasteiger partial charge is 0.337 e. The second kappa shape index (κ2) is 6.78. The van der Waals surface area contributed by atoms with Gasteiger partial charge in [-0.1, -0.05) is 41.4 Å². The molecule has 0 fully saturated rings. The first-order valence-corrected chi connectivity index (χ1v) is 8.13. The summed E-state index contributed by atoms with van der Waals surface area (Å²) in [6.45, 7) is 1.57. The molecule has 0 aliphatic carbocycles. The number of para-hydroxylation sites is 1. The van der Waals surface area contributed by atoms with Gasteiger partial charge in [0.25, 0.3) is 5.91 Å². The van der Waals surface area contributed by atoms with Crippen LogP contribution in [0.1, 0.15) is 22.1 Å². The largest absolute Gasteiger partial charge is 0.479 e. The van der Waals surface area contributed by atoms with E-state index in [9.17, 15) is 14.7 Å². The van der Waals surface area contributed by atoms with Crippen LogP contribution in [0, 0.1) is 0 Å². The Balaban J connectivity index is 1.95. The summed E-state index contributed by atoms with van der Waals surface area (Å²) in [5.41, 5.74) is 0.559. The molecule has 3 aromatic rings. The molecule has 0 amide bonds. The minimum absolute atomic E-state index is 0.0562. The van der Waals surface area contributed by atoms with Crippen LogP contribution in [0.3, 0.4) is 0 Å². The van der Waals surface area contributed by atoms with Gasteiger partial charge in [-0.05, 0) is 31.2 Å². The zero-order valence-corrected chi connectivity index (χ0v) is 14.6. The van der Waals surface area contributed by atoms with Gasteiger partial charge in [-0.25, -0.2) is 4.79 Å². The second-order valence-corrected chi connectivity index (χ2v) is 6.25. The van der Waals surface area contributed by atoms with Crippen molar-refractivity contribution in [2.24, 2.45) is 0 Å². The standard InChI is InChI=1S/C18H13Cl2NO4/c1-10(25-16-7-6-11(19)8-14(16)20)17(22)21-9-13(18(23)24)12-4-2-3-5-15(12)21/h2-10H,1H3,(H,23,24)/t10-/m1/s1. The third-order valence-corrected chi connectivity index (χ3v) is 4.26. The van der Waals surface area contributed by atoms with Crippen LogP contribution in [-0.4, -0.2) is 27.7 Å². The van der Waals surface area contributed by atoms with E-state index in [-0.39, 0.29) is 10.6 Å². The summed E-state index contributed by atoms with van der Waals surface area (Å²) in [5, 5.41) is 10.6. The number of aromatic nitrogens is 1. The summed E-state index contributed by atoms with van der Waals surface area (Å²) < 4.78 is 6.91. The number of carbonyl (C=O) groups is 2. The van der Waals surface area contributed by atoms with E-state index in [1.165, 1.54) is 16.8 Å². The quantitative estimate of drug-likeness (QED) is 0.711. The average molecular weight is 378 g/mol. The van der Waals surface area contributed by atoms with Gasteiger partial charge in [0.1, 0.15) is 5.75 Å². The maximum absolute atomic E-state index is 12.8. The van der Waals surface area contributed by atoms with Gasteiger partial charge < -0.3 is 9.84 Å². The fourth-order valence-electron chi connectivity index (χ4n) is 2.54. The molecule has 3 rings (SSSR count). The van der Waals surface area contributed by atoms with Gasteiger partial charge in [-0.3, -0.25) is 9.36 Å². The maximum Gasteiger partial charge on any atom is 0.337 e. The Hall–Kier alpha value is -2.50. The Morgan fingerprint density at radius 1 is 1.16 bits per heavy atom. The molecule has 1 heterocycles. The number of rotatable bonds is 4. The van der Waals surface area contributed by atoms with Crippen LogP contribution in [0.15, 0.2) is 48.7 Å². The van der Waals surface area contributed by atoms with Crippen molar-refractivity contribution in [3.05, 3.63) is 64.3 Å². The van der Waals surface area contributed by atoms with E-state index in [0.29, 0.717) is 21.7 Å². The van der Waals surface area contributed by atoms with E-state index < -0.39 is 18.0 Å². The molecule has 0 aliphatic rings. The molecule has 25 heavy (non-hydrogen) atoms. The van der Waals surface area contributed by atoms with Crippen molar-refractivity contribution < 1.29 is 19.4 Å². The Kier molecular flexibility index (Phi) is 4.70. The van der Waals surface area contributed by atoms with Gasteiger partial charge >= 0.3 is 5.97 Å². The predicted molar refractivity (Wildman–Crippen MR) is 96.1 cm³/mol. The third kappa shape index (κ3) is 3.34. The molecule has 0 saturated carbocycles. The molecule has 0 bridgehead atoms. The lowest BCUT2D eigenvalue weighted by Gasteiger charge is -2.15. The molecular formula is C18H13Cl2NO4. The number of halogens is 2. The topological polar surface area (TPSA) is 68.5 Å². The SMILES string of the molecule is C[C@@H](Oc1ccc(Cl)cc1Cl)C(=O)n1cc(C(=O)O)c2ccccc21. The first-order chi connectivity index (χ1) is 11.9. The summed E-state index contributed by atoms with van der Waals surface area (Å²) in [6, 6.07) is 11.5. The summed E-state index contributed by atoms with van der Waals surface area (Å²) in [7, 11) is 0. The average Bonchev–Trinajstić information content (AvgIpc) is 2.96. The first kappa shape index (κ1) is 17.3. The van der Waals surface area contributed by atoms with E-state index in [0.717, 1.165) is 0 Å². The number of carboxylic acids is 1. The molecule has 5 nitrogen and oxygen atoms in total. The molecule has 0 unspecified atom stereocenters. The van der Waals surface area contributed by atoms with E-state index in [4.69, 9.17) is 27.9 Å². The monoisotopic (exact) mass is 377 g/mol. The number of aromatic carboxylic acids is 1. The highest BCUT2D eigenvalue weighted by Gasteiger charge is 2.23. The Morgan fingerprint density at radius 2 is 1.88 bits per heavy atom. The first-order valence-electron chi connectivity index (χ1n) is 7.38. The lowest BCUT2D eigenvalue weighted by atomic mass is 10.2. The highest BCUT2D eigenvalue weighted by atomic mass is 35.5. The van der Waals surface area contributed by atoms with Gasteiger partial charge in [0.05, 0.1) is 16.1 Å². The van der Waals surface area contributed by atoms with Crippen molar-refractivity contribution in [1.82, 2.24) is 4.57 Å². The number of hydrogen-bond acceptors (Lipinski definition) is 3. The number of hydrogen-bond donors (Lipinski definition) is 1. The van der Waals surface area contributed by atoms with Gasteiger partial charge in [0, 0.05) is 16.6 Å². The minimum atomic E-state index is -1.10. The third-order valence-electron chi connectivity index (χ3n) is 3.73. The van der Waals surface area contributed by atoms with Crippen LogP contribution in [0.5, 0.6) is 5.75 Å². The van der Waals surface area contributed by atoms with Crippen molar-refractivity contribution in [1.29, 1.82) is 0 Å². The van der Waals surface area contributed by atoms with E-state index in [1.807, 2.05) is 0 Å². The fourth-order valence-corrected chi connectivity index (χ4v) is 2.99. The summed E-state index contributed by atoms with van der Waals surface area (Å²) >= 11 is 11.9. The van der Waals surface area contributed by atoms with E-state index in [1.54, 1.807) is 43.3 Å². The van der Waals surface area contributed by atoms with E-state index >= 15 is 0 Å². The molecule has 1 N–H and O–H groups in total. The van der Waals surface area contributed by atoms with Crippen LogP contribution in [0.4, 0.5) is 0 Å². The number of benzene rings is 2. The van der Waals surface area contributed by atoms with Gasteiger partial charge in [0.15, 0.2) is 6.10 Å². The van der Waals surface area contributed by atoms with Crippen LogP contribution in [-0.2, 0) is 0 Å². The maximum atomic E-state index is 12.8. The van der Waals surface area contributed by atoms with Crippen molar-refractivity contribution in [2.45, 2.75) is 13.0 Å². The number of carbonyl (C=O) groups excluding carboxylic acids is 1. The number of nitrogens with zero attached hydrogens (tertiary/aromatic N) is 1. The van der Waals surface area contributed by atoms with Crippen molar-refractivity contribution in [3.8, 4) is 5.75 Å². The molecule has 128 valence electrons. The summed E-state index contributed by atoms with van der Waals surface area (Å²) in [6.07, 6.45) is 0.426. The Morgan fingerprint density at radius 3 is 2.56 bits per heavy atom. The summed E-state index contributed by atoms with van der Waals surface area (Å²) in [5.74, 6) is -1.19. The lowest BCUT2D eigenvalue weighted by Crippen LogP contribution is -2.28. The normalized spacial score (nSPS) is 12.1. The molecule has 2 aromatic carbocycles. The van der Waals surface area contributed by atoms with Crippen molar-refractivity contribution in [3.63, 3.8) is 0 Å². The molecule has 0 spiro atoms. The van der Waals surface area contributed by atoms with Gasteiger partial charge in [-0.15, -0.1) is 0 Å². The molecule has 7 heteroatoms. The number of fused-ring (bicyclic) bond motifs is 1. The van der Waals surface area contributed by atoms with Gasteiger partial charge in [0.2, 0.25) is 0 Å². The lowest BCUT2D eigenvalue weighted by molar-refractivity contribution is 0.0698. The van der Waals surface area contributed by atoms with Crippen LogP contribution >= 0.6 is 23.2 Å². The van der Waals surface area contributed by atoms with Gasteiger partial charge in [-0.2, -0.15) is 0 Å². The number of ether oxygens (including phenoxy) is 1. The van der Waals surface area contributed by atoms with E-state index in [2.05, 4.69) is 0 Å². The van der Waals surface area contributed by atoms with Crippen LogP contribution < -0.4 is 4.74 Å². The second-order valence-electron chi connectivity index (χ2n) is 5.41. The van der Waals surface area contributed by atoms with Crippen molar-refractivity contribution in [2.75, 3.05) is 0 Å². The number of carboxylic acid groups (broad SMARTS) is 1. The van der Waals surface area contributed by atoms with Crippen LogP contribution in [0.2, 0.25) is 10.0 Å². The minimum Gasteiger partial charge on any atom is -0.479 e. The van der Waals surface area contributed by atoms with Crippen molar-refractivity contribution >= 4 is 46.0 Å². The zero-order valence-electron chi connectivity index (χ0n) is 13.1. The molecule has 0 saturated heterocycles. The Bertz CT molecular complexity index is 980. The Labute approximate surface area is 153 Å². The molecule has 0 radical (unpaired) electrons. The summed E-state index contributed by atoms with van der Waals surface area (Å²) in [4.78, 5) is 24.2. The predicted octanol–water partition coefficient (Wildman–Crippen LogP) is 4.75. The van der Waals surface area contributed by atoms with Crippen LogP contribution in [0.25, 0.3) is 10.9 Å². The zero-order chi connectivity index (χ0) is 18.1. The molecule has 0 aliphatic heterocycles. The molecular weight excluding hydrogens is 365 g/mol.